The highest BCUT2D eigenvalue weighted by molar-refractivity contribution is 5.59. The topological polar surface area (TPSA) is 104 Å². The smallest absolute Gasteiger partial charge is 0.329 e. The Labute approximate surface area is 104 Å². The largest absolute Gasteiger partial charge is 0.393 e. The molecule has 0 amide bonds. The van der Waals surface area contributed by atoms with Gasteiger partial charge in [0.05, 0.1) is 11.0 Å². The van der Waals surface area contributed by atoms with Gasteiger partial charge < -0.3 is 15.3 Å². The van der Waals surface area contributed by atoms with Crippen LogP contribution in [0.5, 0.6) is 0 Å². The Hall–Kier alpha value is -1.96. The molecular weight excluding hydrogens is 238 g/mol. The van der Waals surface area contributed by atoms with E-state index < -0.39 is 4.92 Å². The van der Waals surface area contributed by atoms with Crippen molar-refractivity contribution in [2.45, 2.75) is 18.9 Å². The van der Waals surface area contributed by atoms with Gasteiger partial charge in [-0.3, -0.25) is 10.1 Å². The maximum Gasteiger partial charge on any atom is 0.329 e. The second kappa shape index (κ2) is 5.13. The quantitative estimate of drug-likeness (QED) is 0.593. The summed E-state index contributed by atoms with van der Waals surface area (Å²) >= 11 is 0. The number of aromatic nitrogens is 2. The van der Waals surface area contributed by atoms with Gasteiger partial charge in [0.2, 0.25) is 11.8 Å². The molecule has 1 aliphatic rings. The summed E-state index contributed by atoms with van der Waals surface area (Å²) in [7, 11) is 1.66. The van der Waals surface area contributed by atoms with Crippen LogP contribution in [0.1, 0.15) is 12.8 Å². The fraction of sp³-hybridized carbons (Fsp3) is 0.600. The molecule has 1 aromatic rings. The first-order valence-electron chi connectivity index (χ1n) is 5.74. The summed E-state index contributed by atoms with van der Waals surface area (Å²) in [6.07, 6.45) is 2.07. The summed E-state index contributed by atoms with van der Waals surface area (Å²) in [6.45, 7) is 1.12. The molecule has 0 bridgehead atoms. The lowest BCUT2D eigenvalue weighted by molar-refractivity contribution is -0.384. The average Bonchev–Trinajstić information content (AvgIpc) is 2.38. The van der Waals surface area contributed by atoms with Crippen LogP contribution in [0.15, 0.2) is 6.20 Å². The molecule has 0 unspecified atom stereocenters. The minimum Gasteiger partial charge on any atom is -0.393 e. The first kappa shape index (κ1) is 12.5. The van der Waals surface area contributed by atoms with Gasteiger partial charge in [0.15, 0.2) is 0 Å². The van der Waals surface area contributed by atoms with E-state index in [1.54, 1.807) is 7.05 Å². The van der Waals surface area contributed by atoms with Gasteiger partial charge in [0.1, 0.15) is 6.20 Å². The zero-order valence-electron chi connectivity index (χ0n) is 10.0. The van der Waals surface area contributed by atoms with E-state index in [1.807, 2.05) is 4.90 Å². The lowest BCUT2D eigenvalue weighted by Gasteiger charge is -2.30. The standard InChI is InChI=1S/C10H15N5O3/c1-11-10-12-6-8(15(17)18)9(13-10)14-4-2-7(16)3-5-14/h6-7,16H,2-5H2,1H3,(H,11,12,13). The number of rotatable bonds is 3. The first-order chi connectivity index (χ1) is 8.61. The summed E-state index contributed by atoms with van der Waals surface area (Å²) in [5.74, 6) is 0.660. The monoisotopic (exact) mass is 253 g/mol. The van der Waals surface area contributed by atoms with E-state index in [4.69, 9.17) is 0 Å². The van der Waals surface area contributed by atoms with Crippen LogP contribution in [0.3, 0.4) is 0 Å². The van der Waals surface area contributed by atoms with E-state index in [0.717, 1.165) is 0 Å². The van der Waals surface area contributed by atoms with Crippen LogP contribution < -0.4 is 10.2 Å². The van der Waals surface area contributed by atoms with Crippen molar-refractivity contribution >= 4 is 17.5 Å². The summed E-state index contributed by atoms with van der Waals surface area (Å²) in [6, 6.07) is 0. The Bertz CT molecular complexity index is 445. The minimum absolute atomic E-state index is 0.106. The van der Waals surface area contributed by atoms with Crippen molar-refractivity contribution < 1.29 is 10.0 Å². The molecule has 98 valence electrons. The molecule has 2 N–H and O–H groups in total. The highest BCUT2D eigenvalue weighted by Crippen LogP contribution is 2.28. The van der Waals surface area contributed by atoms with Crippen molar-refractivity contribution in [1.82, 2.24) is 9.97 Å². The third-order valence-corrected chi connectivity index (χ3v) is 2.93. The highest BCUT2D eigenvalue weighted by Gasteiger charge is 2.26. The molecule has 8 heteroatoms. The number of nitro groups is 1. The number of hydrogen-bond acceptors (Lipinski definition) is 7. The number of nitrogens with one attached hydrogen (secondary N) is 1. The molecular formula is C10H15N5O3. The normalized spacial score (nSPS) is 16.7. The Kier molecular flexibility index (Phi) is 3.56. The summed E-state index contributed by atoms with van der Waals surface area (Å²) in [5.41, 5.74) is -0.106. The van der Waals surface area contributed by atoms with Gasteiger partial charge in [-0.1, -0.05) is 0 Å². The van der Waals surface area contributed by atoms with Crippen LogP contribution in [-0.4, -0.2) is 46.2 Å². The summed E-state index contributed by atoms with van der Waals surface area (Å²) in [4.78, 5) is 20.3. The van der Waals surface area contributed by atoms with Gasteiger partial charge in [0.25, 0.3) is 0 Å². The van der Waals surface area contributed by atoms with Gasteiger partial charge in [-0.25, -0.2) is 4.98 Å². The molecule has 18 heavy (non-hydrogen) atoms. The van der Waals surface area contributed by atoms with Crippen molar-refractivity contribution in [2.24, 2.45) is 0 Å². The Morgan fingerprint density at radius 1 is 1.56 bits per heavy atom. The second-order valence-corrected chi connectivity index (χ2v) is 4.13. The van der Waals surface area contributed by atoms with E-state index in [-0.39, 0.29) is 11.8 Å². The van der Waals surface area contributed by atoms with Gasteiger partial charge in [-0.2, -0.15) is 4.98 Å². The number of aliphatic hydroxyl groups excluding tert-OH is 1. The highest BCUT2D eigenvalue weighted by atomic mass is 16.6. The van der Waals surface area contributed by atoms with Crippen molar-refractivity contribution in [3.63, 3.8) is 0 Å². The van der Waals surface area contributed by atoms with Crippen molar-refractivity contribution in [2.75, 3.05) is 30.4 Å². The molecule has 0 saturated carbocycles. The van der Waals surface area contributed by atoms with Crippen molar-refractivity contribution in [1.29, 1.82) is 0 Å². The van der Waals surface area contributed by atoms with Gasteiger partial charge >= 0.3 is 5.69 Å². The van der Waals surface area contributed by atoms with E-state index in [0.29, 0.717) is 37.7 Å². The molecule has 1 fully saturated rings. The predicted octanol–water partition coefficient (Wildman–Crippen LogP) is 0.388. The average molecular weight is 253 g/mol. The molecule has 0 atom stereocenters. The second-order valence-electron chi connectivity index (χ2n) is 4.13. The van der Waals surface area contributed by atoms with E-state index in [9.17, 15) is 15.2 Å². The molecule has 0 aliphatic carbocycles. The molecule has 0 radical (unpaired) electrons. The maximum atomic E-state index is 11.0. The lowest BCUT2D eigenvalue weighted by Crippen LogP contribution is -2.36. The molecule has 1 saturated heterocycles. The van der Waals surface area contributed by atoms with Crippen LogP contribution in [0.4, 0.5) is 17.5 Å². The van der Waals surface area contributed by atoms with Crippen molar-refractivity contribution in [3.05, 3.63) is 16.3 Å². The Morgan fingerprint density at radius 2 is 2.22 bits per heavy atom. The number of aliphatic hydroxyl groups is 1. The first-order valence-corrected chi connectivity index (χ1v) is 5.74. The predicted molar refractivity (Wildman–Crippen MR) is 65.7 cm³/mol. The minimum atomic E-state index is -0.486. The molecule has 8 nitrogen and oxygen atoms in total. The van der Waals surface area contributed by atoms with Gasteiger partial charge in [0, 0.05) is 20.1 Å². The number of piperidine rings is 1. The molecule has 0 spiro atoms. The molecule has 0 aromatic carbocycles. The van der Waals surface area contributed by atoms with Crippen molar-refractivity contribution in [3.8, 4) is 0 Å². The van der Waals surface area contributed by atoms with Crippen LogP contribution in [-0.2, 0) is 0 Å². The van der Waals surface area contributed by atoms with Crippen LogP contribution in [0.2, 0.25) is 0 Å². The third kappa shape index (κ3) is 2.48. The zero-order valence-corrected chi connectivity index (χ0v) is 10.0. The van der Waals surface area contributed by atoms with E-state index in [1.165, 1.54) is 6.20 Å². The summed E-state index contributed by atoms with van der Waals surface area (Å²) < 4.78 is 0. The van der Waals surface area contributed by atoms with Crippen LogP contribution >= 0.6 is 0 Å². The van der Waals surface area contributed by atoms with Gasteiger partial charge in [-0.15, -0.1) is 0 Å². The molecule has 1 aromatic heterocycles. The maximum absolute atomic E-state index is 11.0. The Morgan fingerprint density at radius 3 is 2.78 bits per heavy atom. The van der Waals surface area contributed by atoms with E-state index in [2.05, 4.69) is 15.3 Å². The van der Waals surface area contributed by atoms with Crippen LogP contribution in [0, 0.1) is 10.1 Å². The Balaban J connectivity index is 2.31. The molecule has 2 heterocycles. The number of hydrogen-bond donors (Lipinski definition) is 2. The van der Waals surface area contributed by atoms with Gasteiger partial charge in [-0.05, 0) is 12.8 Å². The van der Waals surface area contributed by atoms with Crippen LogP contribution in [0.25, 0.3) is 0 Å². The SMILES string of the molecule is CNc1ncc([N+](=O)[O-])c(N2CCC(O)CC2)n1. The van der Waals surface area contributed by atoms with E-state index >= 15 is 0 Å². The fourth-order valence-corrected chi connectivity index (χ4v) is 1.93. The number of anilines is 2. The zero-order chi connectivity index (χ0) is 13.1. The summed E-state index contributed by atoms with van der Waals surface area (Å²) in [5, 5.41) is 23.2. The fourth-order valence-electron chi connectivity index (χ4n) is 1.93. The third-order valence-electron chi connectivity index (χ3n) is 2.93. The molecule has 2 rings (SSSR count). The lowest BCUT2D eigenvalue weighted by atomic mass is 10.1. The number of nitrogens with zero attached hydrogens (tertiary/aromatic N) is 4. The molecule has 1 aliphatic heterocycles.